The summed E-state index contributed by atoms with van der Waals surface area (Å²) in [5, 5.41) is 17.0. The number of nitrogens with zero attached hydrogens (tertiary/aromatic N) is 4. The summed E-state index contributed by atoms with van der Waals surface area (Å²) in [6.07, 6.45) is 7.52. The molecule has 1 aromatic carbocycles. The molecule has 0 bridgehead atoms. The lowest BCUT2D eigenvalue weighted by Crippen LogP contribution is -2.44. The van der Waals surface area contributed by atoms with E-state index in [-0.39, 0.29) is 41.2 Å². The lowest BCUT2D eigenvalue weighted by molar-refractivity contribution is -0.384. The summed E-state index contributed by atoms with van der Waals surface area (Å²) >= 11 is 0. The molecule has 3 rings (SSSR count). The van der Waals surface area contributed by atoms with E-state index in [1.807, 2.05) is 4.90 Å². The molecule has 1 atom stereocenters. The molecule has 0 radical (unpaired) electrons. The van der Waals surface area contributed by atoms with Gasteiger partial charge in [0.05, 0.1) is 21.9 Å². The highest BCUT2D eigenvalue weighted by Crippen LogP contribution is 2.27. The van der Waals surface area contributed by atoms with Crippen LogP contribution in [0.1, 0.15) is 12.8 Å². The second-order valence-corrected chi connectivity index (χ2v) is 9.29. The Labute approximate surface area is 180 Å². The average Bonchev–Trinajstić information content (AvgIpc) is 2.76. The van der Waals surface area contributed by atoms with Crippen molar-refractivity contribution in [2.75, 3.05) is 42.7 Å². The molecule has 0 saturated carbocycles. The first kappa shape index (κ1) is 22.4. The molecular formula is C19H24N6O5S. The molecule has 2 N–H and O–H groups in total. The van der Waals surface area contributed by atoms with Crippen molar-refractivity contribution in [3.8, 4) is 0 Å². The van der Waals surface area contributed by atoms with Crippen LogP contribution in [0.5, 0.6) is 0 Å². The number of piperidine rings is 1. The number of aromatic nitrogens is 2. The Morgan fingerprint density at radius 3 is 2.81 bits per heavy atom. The number of carbonyl (C=O) groups excluding carboxylic acids is 1. The highest BCUT2D eigenvalue weighted by Gasteiger charge is 2.26. The number of nitro benzene ring substituents is 1. The predicted octanol–water partition coefficient (Wildman–Crippen LogP) is 1.23. The minimum atomic E-state index is -3.55. The number of benzene rings is 1. The monoisotopic (exact) mass is 448 g/mol. The molecule has 1 aromatic heterocycles. The minimum Gasteiger partial charge on any atom is -0.378 e. The topological polar surface area (TPSA) is 147 Å². The van der Waals surface area contributed by atoms with E-state index in [1.54, 1.807) is 18.6 Å². The minimum absolute atomic E-state index is 0.0858. The van der Waals surface area contributed by atoms with Gasteiger partial charge in [0.25, 0.3) is 5.69 Å². The van der Waals surface area contributed by atoms with E-state index in [0.29, 0.717) is 6.54 Å². The SMILES string of the molecule is CS(=O)(=O)c1ccc(NCCNC(=O)C2CCCN(c3cnccn3)C2)c([N+](=O)[O-])c1. The van der Waals surface area contributed by atoms with Gasteiger partial charge in [-0.3, -0.25) is 19.9 Å². The van der Waals surface area contributed by atoms with Gasteiger partial charge < -0.3 is 15.5 Å². The van der Waals surface area contributed by atoms with Crippen molar-refractivity contribution in [3.05, 3.63) is 46.9 Å². The average molecular weight is 449 g/mol. The van der Waals surface area contributed by atoms with E-state index in [0.717, 1.165) is 37.5 Å². The number of carbonyl (C=O) groups is 1. The number of hydrogen-bond acceptors (Lipinski definition) is 9. The summed E-state index contributed by atoms with van der Waals surface area (Å²) in [5.41, 5.74) is -0.140. The Kier molecular flexibility index (Phi) is 7.00. The molecule has 0 aliphatic carbocycles. The van der Waals surface area contributed by atoms with Crippen molar-refractivity contribution in [3.63, 3.8) is 0 Å². The zero-order valence-corrected chi connectivity index (χ0v) is 17.8. The van der Waals surface area contributed by atoms with Crippen LogP contribution in [-0.2, 0) is 14.6 Å². The molecule has 1 aliphatic rings. The van der Waals surface area contributed by atoms with Gasteiger partial charge in [-0.1, -0.05) is 0 Å². The van der Waals surface area contributed by atoms with Crippen molar-refractivity contribution in [2.24, 2.45) is 5.92 Å². The number of nitrogens with one attached hydrogen (secondary N) is 2. The van der Waals surface area contributed by atoms with E-state index in [1.165, 1.54) is 12.1 Å². The van der Waals surface area contributed by atoms with Gasteiger partial charge in [0.1, 0.15) is 11.5 Å². The van der Waals surface area contributed by atoms with Gasteiger partial charge in [-0.05, 0) is 25.0 Å². The van der Waals surface area contributed by atoms with E-state index in [9.17, 15) is 23.3 Å². The summed E-state index contributed by atoms with van der Waals surface area (Å²) < 4.78 is 23.2. The first-order valence-electron chi connectivity index (χ1n) is 9.77. The number of amides is 1. The van der Waals surface area contributed by atoms with Crippen LogP contribution in [0.4, 0.5) is 17.2 Å². The Bertz CT molecular complexity index is 1050. The molecule has 2 heterocycles. The van der Waals surface area contributed by atoms with Gasteiger partial charge in [-0.25, -0.2) is 13.4 Å². The number of hydrogen-bond donors (Lipinski definition) is 2. The fourth-order valence-corrected chi connectivity index (χ4v) is 4.06. The van der Waals surface area contributed by atoms with E-state index in [4.69, 9.17) is 0 Å². The zero-order valence-electron chi connectivity index (χ0n) is 17.0. The summed E-state index contributed by atoms with van der Waals surface area (Å²) in [5.74, 6) is 0.475. The van der Waals surface area contributed by atoms with Gasteiger partial charge in [-0.2, -0.15) is 0 Å². The van der Waals surface area contributed by atoms with Crippen LogP contribution in [0, 0.1) is 16.0 Å². The molecule has 1 saturated heterocycles. The van der Waals surface area contributed by atoms with Crippen molar-refractivity contribution >= 4 is 32.9 Å². The fraction of sp³-hybridized carbons (Fsp3) is 0.421. The number of sulfone groups is 1. The Morgan fingerprint density at radius 1 is 1.32 bits per heavy atom. The Hall–Kier alpha value is -3.28. The molecule has 1 unspecified atom stereocenters. The maximum atomic E-state index is 12.5. The Balaban J connectivity index is 1.52. The van der Waals surface area contributed by atoms with Crippen LogP contribution in [0.3, 0.4) is 0 Å². The third-order valence-electron chi connectivity index (χ3n) is 5.00. The Morgan fingerprint density at radius 2 is 2.13 bits per heavy atom. The normalized spacial score (nSPS) is 16.5. The first-order valence-corrected chi connectivity index (χ1v) is 11.7. The van der Waals surface area contributed by atoms with Gasteiger partial charge in [-0.15, -0.1) is 0 Å². The molecule has 1 amide bonds. The van der Waals surface area contributed by atoms with Gasteiger partial charge in [0, 0.05) is 50.9 Å². The maximum absolute atomic E-state index is 12.5. The van der Waals surface area contributed by atoms with E-state index < -0.39 is 14.8 Å². The second kappa shape index (κ2) is 9.69. The third kappa shape index (κ3) is 5.87. The fourth-order valence-electron chi connectivity index (χ4n) is 3.42. The molecule has 166 valence electrons. The van der Waals surface area contributed by atoms with Crippen molar-refractivity contribution in [1.29, 1.82) is 0 Å². The number of anilines is 2. The van der Waals surface area contributed by atoms with Gasteiger partial charge >= 0.3 is 0 Å². The molecule has 12 heteroatoms. The van der Waals surface area contributed by atoms with Crippen LogP contribution < -0.4 is 15.5 Å². The summed E-state index contributed by atoms with van der Waals surface area (Å²) in [7, 11) is -3.55. The molecular weight excluding hydrogens is 424 g/mol. The van der Waals surface area contributed by atoms with Crippen LogP contribution in [0.15, 0.2) is 41.7 Å². The van der Waals surface area contributed by atoms with E-state index >= 15 is 0 Å². The smallest absolute Gasteiger partial charge is 0.293 e. The molecule has 11 nitrogen and oxygen atoms in total. The van der Waals surface area contributed by atoms with Crippen LogP contribution in [0.25, 0.3) is 0 Å². The zero-order chi connectivity index (χ0) is 22.4. The standard InChI is InChI=1S/C19H24N6O5S/c1-31(29,30)15-4-5-16(17(11-15)25(27)28)21-8-9-23-19(26)14-3-2-10-24(13-14)18-12-20-6-7-22-18/h4-7,11-12,14,21H,2-3,8-10,13H2,1H3,(H,23,26). The quantitative estimate of drug-likeness (QED) is 0.346. The van der Waals surface area contributed by atoms with Crippen molar-refractivity contribution < 1.29 is 18.1 Å². The predicted molar refractivity (Wildman–Crippen MR) is 115 cm³/mol. The number of rotatable bonds is 8. The largest absolute Gasteiger partial charge is 0.378 e. The lowest BCUT2D eigenvalue weighted by Gasteiger charge is -2.32. The lowest BCUT2D eigenvalue weighted by atomic mass is 9.97. The third-order valence-corrected chi connectivity index (χ3v) is 6.11. The molecule has 2 aromatic rings. The van der Waals surface area contributed by atoms with Crippen LogP contribution >= 0.6 is 0 Å². The molecule has 0 spiro atoms. The summed E-state index contributed by atoms with van der Waals surface area (Å²) in [6, 6.07) is 3.70. The van der Waals surface area contributed by atoms with E-state index in [2.05, 4.69) is 20.6 Å². The summed E-state index contributed by atoms with van der Waals surface area (Å²) in [6.45, 7) is 1.89. The van der Waals surface area contributed by atoms with Crippen LogP contribution in [0.2, 0.25) is 0 Å². The van der Waals surface area contributed by atoms with Gasteiger partial charge in [0.2, 0.25) is 5.91 Å². The molecule has 1 aliphatic heterocycles. The second-order valence-electron chi connectivity index (χ2n) is 7.27. The van der Waals surface area contributed by atoms with Crippen molar-refractivity contribution in [1.82, 2.24) is 15.3 Å². The number of nitro groups is 1. The molecule has 31 heavy (non-hydrogen) atoms. The summed E-state index contributed by atoms with van der Waals surface area (Å²) in [4.78, 5) is 33.4. The van der Waals surface area contributed by atoms with Crippen LogP contribution in [-0.4, -0.2) is 61.7 Å². The van der Waals surface area contributed by atoms with Gasteiger partial charge in [0.15, 0.2) is 9.84 Å². The molecule has 1 fully saturated rings. The first-order chi connectivity index (χ1) is 14.8. The maximum Gasteiger partial charge on any atom is 0.293 e. The van der Waals surface area contributed by atoms with Crippen molar-refractivity contribution in [2.45, 2.75) is 17.7 Å². The highest BCUT2D eigenvalue weighted by molar-refractivity contribution is 7.90. The highest BCUT2D eigenvalue weighted by atomic mass is 32.2.